The fourth-order valence-corrected chi connectivity index (χ4v) is 0.885. The van der Waals surface area contributed by atoms with Crippen molar-refractivity contribution in [3.63, 3.8) is 0 Å². The van der Waals surface area contributed by atoms with E-state index in [9.17, 15) is 22.0 Å². The lowest BCUT2D eigenvalue weighted by Gasteiger charge is -2.19. The van der Waals surface area contributed by atoms with Gasteiger partial charge in [-0.05, 0) is 6.07 Å². The summed E-state index contributed by atoms with van der Waals surface area (Å²) in [6.07, 6.45) is -5.66. The van der Waals surface area contributed by atoms with Crippen LogP contribution in [0.5, 0.6) is 5.88 Å². The molecule has 0 aromatic carbocycles. The molecule has 1 aromatic rings. The molecule has 0 bridgehead atoms. The Bertz CT molecular complexity index is 367. The molecule has 0 saturated carbocycles. The molecule has 1 heterocycles. The molecule has 9 heteroatoms. The van der Waals surface area contributed by atoms with Gasteiger partial charge in [-0.3, -0.25) is 0 Å². The molecule has 1 rings (SSSR count). The average molecular weight is 277 g/mol. The fourth-order valence-electron chi connectivity index (χ4n) is 0.742. The molecule has 0 amide bonds. The Balaban J connectivity index is 2.61. The van der Waals surface area contributed by atoms with Crippen molar-refractivity contribution in [1.29, 1.82) is 0 Å². The second-order valence-electron chi connectivity index (χ2n) is 2.99. The van der Waals surface area contributed by atoms with Crippen molar-refractivity contribution < 1.29 is 26.7 Å². The zero-order chi connectivity index (χ0) is 13.1. The molecular formula is C8H6ClF5N2O. The second kappa shape index (κ2) is 4.99. The number of rotatable bonds is 4. The Kier molecular flexibility index (Phi) is 4.07. The van der Waals surface area contributed by atoms with Crippen LogP contribution in [0.15, 0.2) is 12.1 Å². The van der Waals surface area contributed by atoms with Crippen LogP contribution in [0.2, 0.25) is 0 Å². The summed E-state index contributed by atoms with van der Waals surface area (Å²) in [5, 5.41) is 6.70. The van der Waals surface area contributed by atoms with Gasteiger partial charge in [0.2, 0.25) is 5.88 Å². The first-order valence-corrected chi connectivity index (χ1v) is 4.75. The molecule has 1 aromatic heterocycles. The molecule has 17 heavy (non-hydrogen) atoms. The Hall–Kier alpha value is -1.18. The first-order chi connectivity index (χ1) is 7.76. The fraction of sp³-hybridized carbons (Fsp3) is 0.500. The van der Waals surface area contributed by atoms with Gasteiger partial charge in [-0.25, -0.2) is 0 Å². The van der Waals surface area contributed by atoms with E-state index in [4.69, 9.17) is 11.6 Å². The van der Waals surface area contributed by atoms with Crippen LogP contribution >= 0.6 is 11.6 Å². The number of halogens is 6. The van der Waals surface area contributed by atoms with E-state index in [0.29, 0.717) is 5.69 Å². The summed E-state index contributed by atoms with van der Waals surface area (Å²) in [4.78, 5) is 0. The van der Waals surface area contributed by atoms with E-state index < -0.39 is 24.6 Å². The molecule has 3 nitrogen and oxygen atoms in total. The lowest BCUT2D eigenvalue weighted by Crippen LogP contribution is -2.41. The molecule has 0 saturated heterocycles. The third-order valence-corrected chi connectivity index (χ3v) is 1.92. The molecule has 0 aliphatic heterocycles. The van der Waals surface area contributed by atoms with Crippen LogP contribution in [-0.4, -0.2) is 28.9 Å². The first kappa shape index (κ1) is 13.9. The van der Waals surface area contributed by atoms with Crippen molar-refractivity contribution in [2.24, 2.45) is 0 Å². The number of hydrogen-bond acceptors (Lipinski definition) is 3. The maximum atomic E-state index is 12.4. The minimum Gasteiger partial charge on any atom is -0.470 e. The van der Waals surface area contributed by atoms with Gasteiger partial charge in [0.1, 0.15) is 0 Å². The number of ether oxygens (including phenoxy) is 1. The summed E-state index contributed by atoms with van der Waals surface area (Å²) in [7, 11) is 0. The van der Waals surface area contributed by atoms with Crippen molar-refractivity contribution in [3.8, 4) is 5.88 Å². The van der Waals surface area contributed by atoms with Gasteiger partial charge < -0.3 is 4.74 Å². The van der Waals surface area contributed by atoms with Crippen LogP contribution in [0.3, 0.4) is 0 Å². The summed E-state index contributed by atoms with van der Waals surface area (Å²) in [5.74, 6) is -5.31. The van der Waals surface area contributed by atoms with Crippen LogP contribution in [0.25, 0.3) is 0 Å². The minimum absolute atomic E-state index is 0.0476. The monoisotopic (exact) mass is 276 g/mol. The number of hydrogen-bond donors (Lipinski definition) is 0. The molecule has 0 fully saturated rings. The van der Waals surface area contributed by atoms with E-state index in [1.54, 1.807) is 0 Å². The predicted octanol–water partition coefficient (Wildman–Crippen LogP) is 2.79. The maximum absolute atomic E-state index is 12.4. The van der Waals surface area contributed by atoms with E-state index in [2.05, 4.69) is 14.9 Å². The number of nitrogens with zero attached hydrogens (tertiary/aromatic N) is 2. The van der Waals surface area contributed by atoms with Crippen LogP contribution < -0.4 is 4.74 Å². The quantitative estimate of drug-likeness (QED) is 0.626. The molecule has 0 aliphatic rings. The van der Waals surface area contributed by atoms with Gasteiger partial charge in [-0.15, -0.1) is 16.7 Å². The molecule has 0 radical (unpaired) electrons. The maximum Gasteiger partial charge on any atom is 0.456 e. The van der Waals surface area contributed by atoms with E-state index in [-0.39, 0.29) is 5.88 Å². The predicted molar refractivity (Wildman–Crippen MR) is 48.1 cm³/mol. The van der Waals surface area contributed by atoms with Gasteiger partial charge in [0, 0.05) is 6.07 Å². The first-order valence-electron chi connectivity index (χ1n) is 4.22. The Morgan fingerprint density at radius 2 is 1.76 bits per heavy atom. The average Bonchev–Trinajstić information content (AvgIpc) is 2.25. The van der Waals surface area contributed by atoms with E-state index in [0.717, 1.165) is 6.07 Å². The molecular weight excluding hydrogens is 271 g/mol. The highest BCUT2D eigenvalue weighted by Gasteiger charge is 2.58. The third-order valence-electron chi connectivity index (χ3n) is 1.65. The summed E-state index contributed by atoms with van der Waals surface area (Å²) in [5.41, 5.74) is 0.349. The van der Waals surface area contributed by atoms with Gasteiger partial charge in [0.05, 0.1) is 11.6 Å². The van der Waals surface area contributed by atoms with Crippen LogP contribution in [0.4, 0.5) is 22.0 Å². The highest BCUT2D eigenvalue weighted by atomic mass is 35.5. The van der Waals surface area contributed by atoms with Gasteiger partial charge in [0.25, 0.3) is 0 Å². The highest BCUT2D eigenvalue weighted by molar-refractivity contribution is 6.16. The Morgan fingerprint density at radius 3 is 2.18 bits per heavy atom. The normalized spacial score (nSPS) is 12.6. The molecule has 0 unspecified atom stereocenters. The number of aromatic nitrogens is 2. The van der Waals surface area contributed by atoms with Gasteiger partial charge in [-0.2, -0.15) is 27.1 Å². The zero-order valence-corrected chi connectivity index (χ0v) is 8.90. The van der Waals surface area contributed by atoms with Crippen molar-refractivity contribution in [3.05, 3.63) is 17.8 Å². The smallest absolute Gasteiger partial charge is 0.456 e. The lowest BCUT2D eigenvalue weighted by atomic mass is 10.3. The minimum atomic E-state index is -5.66. The van der Waals surface area contributed by atoms with Crippen molar-refractivity contribution in [2.45, 2.75) is 18.0 Å². The Labute approximate surface area is 97.5 Å². The summed E-state index contributed by atoms with van der Waals surface area (Å²) in [6, 6.07) is 2.41. The standard InChI is InChI=1S/C8H6ClF5N2O/c9-3-5-1-2-6(16-15-5)17-4-7(10,11)8(12,13)14/h1-2H,3-4H2. The molecule has 0 spiro atoms. The number of alkyl halides is 6. The van der Waals surface area contributed by atoms with E-state index >= 15 is 0 Å². The van der Waals surface area contributed by atoms with Crippen LogP contribution in [-0.2, 0) is 5.88 Å². The van der Waals surface area contributed by atoms with E-state index in [1.807, 2.05) is 0 Å². The van der Waals surface area contributed by atoms with Gasteiger partial charge >= 0.3 is 12.1 Å². The Morgan fingerprint density at radius 1 is 1.12 bits per heavy atom. The molecule has 0 N–H and O–H groups in total. The molecule has 0 atom stereocenters. The third kappa shape index (κ3) is 3.65. The topological polar surface area (TPSA) is 35.0 Å². The largest absolute Gasteiger partial charge is 0.470 e. The lowest BCUT2D eigenvalue weighted by molar-refractivity contribution is -0.290. The van der Waals surface area contributed by atoms with Crippen LogP contribution in [0.1, 0.15) is 5.69 Å². The van der Waals surface area contributed by atoms with E-state index in [1.165, 1.54) is 6.07 Å². The summed E-state index contributed by atoms with van der Waals surface area (Å²) >= 11 is 5.38. The van der Waals surface area contributed by atoms with Crippen molar-refractivity contribution in [2.75, 3.05) is 6.61 Å². The zero-order valence-electron chi connectivity index (χ0n) is 8.14. The molecule has 0 aliphatic carbocycles. The van der Waals surface area contributed by atoms with Crippen molar-refractivity contribution in [1.82, 2.24) is 10.2 Å². The van der Waals surface area contributed by atoms with Crippen molar-refractivity contribution >= 4 is 11.6 Å². The highest BCUT2D eigenvalue weighted by Crippen LogP contribution is 2.35. The van der Waals surface area contributed by atoms with Gasteiger partial charge in [-0.1, -0.05) is 0 Å². The van der Waals surface area contributed by atoms with Crippen LogP contribution in [0, 0.1) is 0 Å². The second-order valence-corrected chi connectivity index (χ2v) is 3.25. The SMILES string of the molecule is FC(F)(F)C(F)(F)COc1ccc(CCl)nn1. The molecule has 96 valence electrons. The van der Waals surface area contributed by atoms with Gasteiger partial charge in [0.15, 0.2) is 6.61 Å². The summed E-state index contributed by atoms with van der Waals surface area (Å²) < 4.78 is 64.4. The summed E-state index contributed by atoms with van der Waals surface area (Å²) in [6.45, 7) is -1.84.